The molecule has 0 aliphatic rings. The fourth-order valence-electron chi connectivity index (χ4n) is 5.31. The highest BCUT2D eigenvalue weighted by molar-refractivity contribution is 5.76. The fourth-order valence-corrected chi connectivity index (χ4v) is 5.31. The number of aliphatic hydroxyl groups excluding tert-OH is 2. The van der Waals surface area contributed by atoms with Crippen molar-refractivity contribution in [3.63, 3.8) is 0 Å². The van der Waals surface area contributed by atoms with Crippen LogP contribution in [0.1, 0.15) is 181 Å². The molecular formula is C38H71NO3. The van der Waals surface area contributed by atoms with Gasteiger partial charge in [-0.15, -0.1) is 0 Å². The number of allylic oxidation sites excluding steroid dienone is 6. The molecule has 0 aromatic heterocycles. The zero-order valence-corrected chi connectivity index (χ0v) is 28.0. The second kappa shape index (κ2) is 34.1. The molecule has 0 aromatic rings. The lowest BCUT2D eigenvalue weighted by molar-refractivity contribution is -0.123. The maximum atomic E-state index is 12.1. The van der Waals surface area contributed by atoms with E-state index in [9.17, 15) is 15.0 Å². The maximum Gasteiger partial charge on any atom is 0.220 e. The molecule has 2 atom stereocenters. The third kappa shape index (κ3) is 30.1. The van der Waals surface area contributed by atoms with Crippen molar-refractivity contribution in [3.8, 4) is 0 Å². The highest BCUT2D eigenvalue weighted by atomic mass is 16.3. The molecule has 0 aromatic carbocycles. The van der Waals surface area contributed by atoms with Crippen LogP contribution in [0.4, 0.5) is 0 Å². The van der Waals surface area contributed by atoms with Crippen LogP contribution < -0.4 is 5.32 Å². The Hall–Kier alpha value is -1.39. The Balaban J connectivity index is 3.41. The molecule has 2 unspecified atom stereocenters. The van der Waals surface area contributed by atoms with Crippen molar-refractivity contribution in [3.05, 3.63) is 36.5 Å². The van der Waals surface area contributed by atoms with E-state index in [0.717, 1.165) is 44.9 Å². The van der Waals surface area contributed by atoms with Crippen molar-refractivity contribution in [1.82, 2.24) is 5.32 Å². The standard InChI is InChI=1S/C38H71NO3/c1-3-5-7-8-9-10-11-12-13-14-15-16-17-18-19-20-21-22-23-24-25-26-27-28-29-30-32-34-38(42)39-36(35-40)37(41)33-31-6-4-2/h11-12,14-15,17-18,36-37,40-41H,3-10,13,16,19-35H2,1-2H3,(H,39,42)/b12-11-,15-14-,18-17-. The van der Waals surface area contributed by atoms with Crippen molar-refractivity contribution in [2.45, 2.75) is 193 Å². The number of rotatable bonds is 32. The molecule has 0 rings (SSSR count). The average molecular weight is 590 g/mol. The topological polar surface area (TPSA) is 69.6 Å². The molecule has 4 nitrogen and oxygen atoms in total. The number of aliphatic hydroxyl groups is 2. The van der Waals surface area contributed by atoms with E-state index in [4.69, 9.17) is 0 Å². The monoisotopic (exact) mass is 590 g/mol. The number of amides is 1. The van der Waals surface area contributed by atoms with Crippen LogP contribution in [0.5, 0.6) is 0 Å². The second-order valence-electron chi connectivity index (χ2n) is 12.3. The summed E-state index contributed by atoms with van der Waals surface area (Å²) in [4.78, 5) is 12.1. The Bertz CT molecular complexity index is 642. The number of hydrogen-bond donors (Lipinski definition) is 3. The zero-order chi connectivity index (χ0) is 30.8. The van der Waals surface area contributed by atoms with E-state index < -0.39 is 12.1 Å². The molecule has 0 saturated heterocycles. The van der Waals surface area contributed by atoms with Gasteiger partial charge in [0.15, 0.2) is 0 Å². The van der Waals surface area contributed by atoms with Gasteiger partial charge >= 0.3 is 0 Å². The number of unbranched alkanes of at least 4 members (excludes halogenated alkanes) is 19. The Morgan fingerprint density at radius 3 is 1.45 bits per heavy atom. The van der Waals surface area contributed by atoms with E-state index in [2.05, 4.69) is 55.6 Å². The third-order valence-electron chi connectivity index (χ3n) is 8.15. The molecule has 42 heavy (non-hydrogen) atoms. The molecule has 0 aliphatic carbocycles. The summed E-state index contributed by atoms with van der Waals surface area (Å²) < 4.78 is 0. The van der Waals surface area contributed by atoms with Crippen LogP contribution in [0.3, 0.4) is 0 Å². The number of carbonyl (C=O) groups is 1. The molecule has 3 N–H and O–H groups in total. The zero-order valence-electron chi connectivity index (χ0n) is 28.0. The van der Waals surface area contributed by atoms with Gasteiger partial charge in [0.1, 0.15) is 0 Å². The Kier molecular flexibility index (Phi) is 33.0. The van der Waals surface area contributed by atoms with Gasteiger partial charge in [-0.3, -0.25) is 4.79 Å². The van der Waals surface area contributed by atoms with E-state index in [1.165, 1.54) is 109 Å². The van der Waals surface area contributed by atoms with E-state index in [1.807, 2.05) is 0 Å². The minimum absolute atomic E-state index is 0.0470. The van der Waals surface area contributed by atoms with E-state index in [1.54, 1.807) is 0 Å². The van der Waals surface area contributed by atoms with Gasteiger partial charge in [-0.1, -0.05) is 159 Å². The summed E-state index contributed by atoms with van der Waals surface area (Å²) in [5.74, 6) is -0.0470. The highest BCUT2D eigenvalue weighted by Crippen LogP contribution is 2.14. The van der Waals surface area contributed by atoms with E-state index in [0.29, 0.717) is 12.8 Å². The van der Waals surface area contributed by atoms with Crippen LogP contribution in [0.15, 0.2) is 36.5 Å². The van der Waals surface area contributed by atoms with Crippen LogP contribution in [-0.2, 0) is 4.79 Å². The van der Waals surface area contributed by atoms with Gasteiger partial charge in [-0.05, 0) is 51.4 Å². The number of nitrogens with one attached hydrogen (secondary N) is 1. The van der Waals surface area contributed by atoms with Crippen LogP contribution in [0.25, 0.3) is 0 Å². The Morgan fingerprint density at radius 2 is 0.976 bits per heavy atom. The molecule has 4 heteroatoms. The summed E-state index contributed by atoms with van der Waals surface area (Å²) >= 11 is 0. The Labute approximate surface area is 261 Å². The molecule has 1 amide bonds. The summed E-state index contributed by atoms with van der Waals surface area (Å²) in [5.41, 5.74) is 0. The summed E-state index contributed by atoms with van der Waals surface area (Å²) in [5, 5.41) is 22.5. The van der Waals surface area contributed by atoms with Gasteiger partial charge in [0.25, 0.3) is 0 Å². The first-order valence-electron chi connectivity index (χ1n) is 18.2. The highest BCUT2D eigenvalue weighted by Gasteiger charge is 2.19. The molecule has 246 valence electrons. The van der Waals surface area contributed by atoms with Crippen molar-refractivity contribution in [2.75, 3.05) is 6.61 Å². The molecule has 0 fully saturated rings. The van der Waals surface area contributed by atoms with Gasteiger partial charge < -0.3 is 15.5 Å². The van der Waals surface area contributed by atoms with Crippen molar-refractivity contribution < 1.29 is 15.0 Å². The minimum Gasteiger partial charge on any atom is -0.394 e. The second-order valence-corrected chi connectivity index (χ2v) is 12.3. The first-order chi connectivity index (χ1) is 20.7. The van der Waals surface area contributed by atoms with Crippen molar-refractivity contribution >= 4 is 5.91 Å². The lowest BCUT2D eigenvalue weighted by Crippen LogP contribution is -2.45. The maximum absolute atomic E-state index is 12.1. The molecule has 0 saturated carbocycles. The summed E-state index contributed by atoms with van der Waals surface area (Å²) in [6.45, 7) is 4.19. The summed E-state index contributed by atoms with van der Waals surface area (Å²) in [6, 6.07) is -0.532. The molecule has 0 radical (unpaired) electrons. The van der Waals surface area contributed by atoms with E-state index >= 15 is 0 Å². The number of hydrogen-bond acceptors (Lipinski definition) is 3. The van der Waals surface area contributed by atoms with Crippen LogP contribution in [0, 0.1) is 0 Å². The smallest absolute Gasteiger partial charge is 0.220 e. The molecular weight excluding hydrogens is 518 g/mol. The largest absolute Gasteiger partial charge is 0.394 e. The fraction of sp³-hybridized carbons (Fsp3) is 0.816. The van der Waals surface area contributed by atoms with Gasteiger partial charge in [-0.25, -0.2) is 0 Å². The van der Waals surface area contributed by atoms with Gasteiger partial charge in [-0.2, -0.15) is 0 Å². The lowest BCUT2D eigenvalue weighted by Gasteiger charge is -2.22. The summed E-state index contributed by atoms with van der Waals surface area (Å²) in [7, 11) is 0. The predicted octanol–water partition coefficient (Wildman–Crippen LogP) is 10.7. The quantitative estimate of drug-likeness (QED) is 0.0540. The molecule has 0 heterocycles. The lowest BCUT2D eigenvalue weighted by atomic mass is 10.0. The predicted molar refractivity (Wildman–Crippen MR) is 184 cm³/mol. The van der Waals surface area contributed by atoms with E-state index in [-0.39, 0.29) is 12.5 Å². The SMILES string of the molecule is CCCCCCC/C=C\C/C=C\C/C=C\CCCCCCCCCCCCCCC(=O)NC(CO)C(O)CCCCC. The van der Waals surface area contributed by atoms with Crippen molar-refractivity contribution in [2.24, 2.45) is 0 Å². The summed E-state index contributed by atoms with van der Waals surface area (Å²) in [6.07, 6.45) is 44.1. The Morgan fingerprint density at radius 1 is 0.571 bits per heavy atom. The molecule has 0 aliphatic heterocycles. The molecule has 0 spiro atoms. The normalized spacial score (nSPS) is 13.5. The van der Waals surface area contributed by atoms with Crippen LogP contribution in [0.2, 0.25) is 0 Å². The van der Waals surface area contributed by atoms with Gasteiger partial charge in [0.2, 0.25) is 5.91 Å². The average Bonchev–Trinajstić information content (AvgIpc) is 2.99. The number of carbonyl (C=O) groups excluding carboxylic acids is 1. The first-order valence-corrected chi connectivity index (χ1v) is 18.2. The van der Waals surface area contributed by atoms with Gasteiger partial charge in [0, 0.05) is 6.42 Å². The minimum atomic E-state index is -0.655. The third-order valence-corrected chi connectivity index (χ3v) is 8.15. The first kappa shape index (κ1) is 40.6. The van der Waals surface area contributed by atoms with Crippen LogP contribution >= 0.6 is 0 Å². The van der Waals surface area contributed by atoms with Gasteiger partial charge in [0.05, 0.1) is 18.8 Å². The van der Waals surface area contributed by atoms with Crippen molar-refractivity contribution in [1.29, 1.82) is 0 Å². The molecule has 0 bridgehead atoms. The van der Waals surface area contributed by atoms with Crippen LogP contribution in [-0.4, -0.2) is 34.9 Å².